The van der Waals surface area contributed by atoms with Gasteiger partial charge in [-0.3, -0.25) is 4.79 Å². The Bertz CT molecular complexity index is 1080. The molecule has 31 heavy (non-hydrogen) atoms. The molecule has 4 rings (SSSR count). The summed E-state index contributed by atoms with van der Waals surface area (Å²) in [6.07, 6.45) is 4.61. The number of fused-ring (bicyclic) bond motifs is 1. The highest BCUT2D eigenvalue weighted by Crippen LogP contribution is 2.33. The lowest BCUT2D eigenvalue weighted by atomic mass is 10.0. The molecule has 164 valence electrons. The third kappa shape index (κ3) is 4.55. The van der Waals surface area contributed by atoms with Crippen molar-refractivity contribution in [1.29, 1.82) is 0 Å². The van der Waals surface area contributed by atoms with Crippen molar-refractivity contribution >= 4 is 16.9 Å². The highest BCUT2D eigenvalue weighted by atomic mass is 19.1. The molecule has 8 heteroatoms. The van der Waals surface area contributed by atoms with Crippen LogP contribution in [-0.2, 0) is 17.6 Å². The number of hydrogen-bond donors (Lipinski definition) is 2. The lowest BCUT2D eigenvalue weighted by molar-refractivity contribution is -0.134. The first-order valence-electron chi connectivity index (χ1n) is 10.6. The summed E-state index contributed by atoms with van der Waals surface area (Å²) < 4.78 is 20.7. The number of halogens is 1. The van der Waals surface area contributed by atoms with Gasteiger partial charge < -0.3 is 25.3 Å². The molecule has 3 aromatic rings. The number of aromatic nitrogens is 2. The number of nitrogens with zero attached hydrogens (tertiary/aromatic N) is 3. The van der Waals surface area contributed by atoms with Crippen LogP contribution in [0.4, 0.5) is 4.39 Å². The van der Waals surface area contributed by atoms with Crippen molar-refractivity contribution in [3.63, 3.8) is 0 Å². The fourth-order valence-corrected chi connectivity index (χ4v) is 3.93. The summed E-state index contributed by atoms with van der Waals surface area (Å²) in [7, 11) is 2.03. The van der Waals surface area contributed by atoms with E-state index in [1.165, 1.54) is 6.07 Å². The van der Waals surface area contributed by atoms with E-state index in [0.29, 0.717) is 30.0 Å². The number of nitrogens with one attached hydrogen (secondary N) is 1. The van der Waals surface area contributed by atoms with E-state index in [4.69, 9.17) is 10.5 Å². The molecule has 2 aromatic heterocycles. The molecular weight excluding hydrogens is 397 g/mol. The molecule has 1 aromatic carbocycles. The van der Waals surface area contributed by atoms with Gasteiger partial charge in [-0.15, -0.1) is 0 Å². The van der Waals surface area contributed by atoms with Crippen LogP contribution in [0.25, 0.3) is 11.0 Å². The zero-order valence-electron chi connectivity index (χ0n) is 17.9. The summed E-state index contributed by atoms with van der Waals surface area (Å²) in [6.45, 7) is 5.05. The van der Waals surface area contributed by atoms with Gasteiger partial charge in [-0.2, -0.15) is 0 Å². The zero-order valence-corrected chi connectivity index (χ0v) is 17.9. The highest BCUT2D eigenvalue weighted by molar-refractivity contribution is 5.86. The topological polar surface area (TPSA) is 87.5 Å². The third-order valence-electron chi connectivity index (χ3n) is 5.80. The lowest BCUT2D eigenvalue weighted by Crippen LogP contribution is -2.52. The molecular formula is C23H28FN5O2. The van der Waals surface area contributed by atoms with Gasteiger partial charge in [-0.05, 0) is 49.2 Å². The van der Waals surface area contributed by atoms with Gasteiger partial charge in [0.2, 0.25) is 5.91 Å². The molecule has 7 nitrogen and oxygen atoms in total. The molecule has 0 saturated carbocycles. The molecule has 0 aliphatic carbocycles. The van der Waals surface area contributed by atoms with Crippen LogP contribution < -0.4 is 10.5 Å². The molecule has 0 spiro atoms. The monoisotopic (exact) mass is 425 g/mol. The van der Waals surface area contributed by atoms with Crippen LogP contribution in [-0.4, -0.2) is 64.9 Å². The van der Waals surface area contributed by atoms with Crippen molar-refractivity contribution in [1.82, 2.24) is 19.8 Å². The number of benzene rings is 1. The molecule has 1 aliphatic rings. The maximum absolute atomic E-state index is 14.8. The van der Waals surface area contributed by atoms with Crippen LogP contribution in [0.3, 0.4) is 0 Å². The smallest absolute Gasteiger partial charge is 0.239 e. The number of piperazine rings is 1. The zero-order chi connectivity index (χ0) is 22.0. The van der Waals surface area contributed by atoms with Gasteiger partial charge in [0.15, 0.2) is 11.6 Å². The Morgan fingerprint density at radius 3 is 2.74 bits per heavy atom. The van der Waals surface area contributed by atoms with Crippen LogP contribution in [0, 0.1) is 5.82 Å². The molecule has 1 atom stereocenters. The normalized spacial score (nSPS) is 15.9. The van der Waals surface area contributed by atoms with Crippen molar-refractivity contribution in [3.8, 4) is 11.5 Å². The average molecular weight is 426 g/mol. The SMILES string of the molecule is CCc1c[nH]c2nccc(Oc3ccc(C[C@H](N)C(=O)N4CCN(C)CC4)cc3F)c12. The number of aryl methyl sites for hydroxylation is 1. The number of rotatable bonds is 6. The van der Waals surface area contributed by atoms with E-state index in [1.54, 1.807) is 29.3 Å². The van der Waals surface area contributed by atoms with Crippen LogP contribution in [0.1, 0.15) is 18.1 Å². The molecule has 1 fully saturated rings. The largest absolute Gasteiger partial charge is 0.453 e. The van der Waals surface area contributed by atoms with Gasteiger partial charge in [0.25, 0.3) is 0 Å². The maximum atomic E-state index is 14.8. The maximum Gasteiger partial charge on any atom is 0.239 e. The molecule has 3 N–H and O–H groups in total. The van der Waals surface area contributed by atoms with Gasteiger partial charge in [-0.25, -0.2) is 9.37 Å². The van der Waals surface area contributed by atoms with Crippen LogP contribution in [0.5, 0.6) is 11.5 Å². The predicted molar refractivity (Wildman–Crippen MR) is 118 cm³/mol. The van der Waals surface area contributed by atoms with Gasteiger partial charge in [0, 0.05) is 38.6 Å². The van der Waals surface area contributed by atoms with Crippen molar-refractivity contribution < 1.29 is 13.9 Å². The Morgan fingerprint density at radius 1 is 1.26 bits per heavy atom. The number of carbonyl (C=O) groups is 1. The fraction of sp³-hybridized carbons (Fsp3) is 0.391. The summed E-state index contributed by atoms with van der Waals surface area (Å²) in [5, 5.41) is 0.855. The molecule has 3 heterocycles. The van der Waals surface area contributed by atoms with Crippen LogP contribution >= 0.6 is 0 Å². The second kappa shape index (κ2) is 9.03. The minimum atomic E-state index is -0.693. The number of hydrogen-bond acceptors (Lipinski definition) is 5. The second-order valence-corrected chi connectivity index (χ2v) is 8.01. The van der Waals surface area contributed by atoms with E-state index in [2.05, 4.69) is 14.9 Å². The summed E-state index contributed by atoms with van der Waals surface area (Å²) in [5.74, 6) is 0.0954. The number of amides is 1. The van der Waals surface area contributed by atoms with Gasteiger partial charge in [-0.1, -0.05) is 13.0 Å². The summed E-state index contributed by atoms with van der Waals surface area (Å²) in [6, 6.07) is 5.77. The van der Waals surface area contributed by atoms with E-state index in [0.717, 1.165) is 30.5 Å². The summed E-state index contributed by atoms with van der Waals surface area (Å²) in [5.41, 5.74) is 8.57. The third-order valence-corrected chi connectivity index (χ3v) is 5.80. The first-order chi connectivity index (χ1) is 15.0. The molecule has 1 amide bonds. The average Bonchev–Trinajstić information content (AvgIpc) is 3.20. The molecule has 0 bridgehead atoms. The summed E-state index contributed by atoms with van der Waals surface area (Å²) >= 11 is 0. The van der Waals surface area contributed by atoms with Crippen molar-refractivity contribution in [2.24, 2.45) is 5.73 Å². The van der Waals surface area contributed by atoms with Gasteiger partial charge >= 0.3 is 0 Å². The van der Waals surface area contributed by atoms with Gasteiger partial charge in [0.1, 0.15) is 11.4 Å². The Kier molecular flexibility index (Phi) is 6.20. The Labute approximate surface area is 181 Å². The van der Waals surface area contributed by atoms with E-state index in [-0.39, 0.29) is 18.1 Å². The lowest BCUT2D eigenvalue weighted by Gasteiger charge is -2.33. The minimum absolute atomic E-state index is 0.0902. The van der Waals surface area contributed by atoms with Crippen molar-refractivity contribution in [3.05, 3.63) is 53.6 Å². The van der Waals surface area contributed by atoms with E-state index in [1.807, 2.05) is 20.2 Å². The molecule has 0 unspecified atom stereocenters. The second-order valence-electron chi connectivity index (χ2n) is 8.01. The Balaban J connectivity index is 1.46. The quantitative estimate of drug-likeness (QED) is 0.634. The molecule has 1 saturated heterocycles. The number of nitrogens with two attached hydrogens (primary N) is 1. The van der Waals surface area contributed by atoms with Crippen molar-refractivity contribution in [2.75, 3.05) is 33.2 Å². The fourth-order valence-electron chi connectivity index (χ4n) is 3.93. The Morgan fingerprint density at radius 2 is 2.03 bits per heavy atom. The number of ether oxygens (including phenoxy) is 1. The molecule has 0 radical (unpaired) electrons. The number of carbonyl (C=O) groups excluding carboxylic acids is 1. The first kappa shape index (κ1) is 21.3. The highest BCUT2D eigenvalue weighted by Gasteiger charge is 2.24. The predicted octanol–water partition coefficient (Wildman–Crippen LogP) is 2.70. The first-order valence-corrected chi connectivity index (χ1v) is 10.6. The van der Waals surface area contributed by atoms with E-state index < -0.39 is 11.9 Å². The van der Waals surface area contributed by atoms with Gasteiger partial charge in [0.05, 0.1) is 11.4 Å². The van der Waals surface area contributed by atoms with E-state index in [9.17, 15) is 9.18 Å². The number of H-pyrrole nitrogens is 1. The van der Waals surface area contributed by atoms with Crippen LogP contribution in [0.2, 0.25) is 0 Å². The number of pyridine rings is 1. The standard InChI is InChI=1S/C23H28FN5O2/c1-3-16-14-27-22-21(16)20(6-7-26-22)31-19-5-4-15(12-17(19)24)13-18(25)23(30)29-10-8-28(2)9-11-29/h4-7,12,14,18H,3,8-11,13,25H2,1-2H3,(H,26,27)/t18-/m0/s1. The number of likely N-dealkylation sites (N-methyl/N-ethyl adjacent to an activating group) is 1. The number of aromatic amines is 1. The Hall–Kier alpha value is -2.97. The van der Waals surface area contributed by atoms with E-state index >= 15 is 0 Å². The molecule has 1 aliphatic heterocycles. The van der Waals surface area contributed by atoms with Crippen molar-refractivity contribution in [2.45, 2.75) is 25.8 Å². The summed E-state index contributed by atoms with van der Waals surface area (Å²) in [4.78, 5) is 24.0. The van der Waals surface area contributed by atoms with Crippen LogP contribution in [0.15, 0.2) is 36.7 Å². The minimum Gasteiger partial charge on any atom is -0.453 e.